The van der Waals surface area contributed by atoms with E-state index >= 15 is 0 Å². The first kappa shape index (κ1) is 14.0. The number of hydrogen-bond acceptors (Lipinski definition) is 4. The lowest BCUT2D eigenvalue weighted by atomic mass is 10.1. The van der Waals surface area contributed by atoms with Crippen molar-refractivity contribution in [2.75, 3.05) is 0 Å². The van der Waals surface area contributed by atoms with Crippen LogP contribution in [0.15, 0.2) is 22.6 Å². The maximum absolute atomic E-state index is 13.6. The average Bonchev–Trinajstić information content (AvgIpc) is 2.79. The minimum atomic E-state index is -0.368. The molecule has 1 heterocycles. The Morgan fingerprint density at radius 1 is 1.32 bits per heavy atom. The van der Waals surface area contributed by atoms with Crippen molar-refractivity contribution in [3.8, 4) is 0 Å². The van der Waals surface area contributed by atoms with E-state index in [0.29, 0.717) is 35.0 Å². The maximum Gasteiger partial charge on any atom is 0.230 e. The molecule has 0 aliphatic rings. The Labute approximate surface area is 116 Å². The van der Waals surface area contributed by atoms with Crippen LogP contribution in [0.1, 0.15) is 31.2 Å². The second kappa shape index (κ2) is 6.12. The molecule has 0 unspecified atom stereocenters. The first-order valence-corrected chi connectivity index (χ1v) is 6.41. The third kappa shape index (κ3) is 3.75. The van der Waals surface area contributed by atoms with Gasteiger partial charge in [0, 0.05) is 16.6 Å². The second-order valence-electron chi connectivity index (χ2n) is 4.50. The van der Waals surface area contributed by atoms with E-state index < -0.39 is 0 Å². The summed E-state index contributed by atoms with van der Waals surface area (Å²) in [4.78, 5) is 0. The monoisotopic (exact) mass is 283 g/mol. The third-order valence-electron chi connectivity index (χ3n) is 2.56. The zero-order valence-electron chi connectivity index (χ0n) is 10.8. The summed E-state index contributed by atoms with van der Waals surface area (Å²) in [5.74, 6) is 0.469. The number of aromatic nitrogens is 2. The van der Waals surface area contributed by atoms with Gasteiger partial charge in [-0.25, -0.2) is 4.39 Å². The summed E-state index contributed by atoms with van der Waals surface area (Å²) in [6.45, 7) is 4.54. The van der Waals surface area contributed by atoms with Gasteiger partial charge in [-0.05, 0) is 12.1 Å². The fourth-order valence-corrected chi connectivity index (χ4v) is 1.80. The van der Waals surface area contributed by atoms with E-state index in [4.69, 9.17) is 16.0 Å². The minimum Gasteiger partial charge on any atom is -0.424 e. The molecule has 2 aromatic rings. The SMILES string of the molecule is CC(C)NCc1nnc(Cc2c(F)cccc2Cl)o1. The highest BCUT2D eigenvalue weighted by Crippen LogP contribution is 2.21. The zero-order valence-corrected chi connectivity index (χ0v) is 11.5. The average molecular weight is 284 g/mol. The summed E-state index contributed by atoms with van der Waals surface area (Å²) in [6, 6.07) is 4.89. The van der Waals surface area contributed by atoms with Crippen LogP contribution >= 0.6 is 11.6 Å². The van der Waals surface area contributed by atoms with Gasteiger partial charge < -0.3 is 9.73 Å². The molecule has 0 atom stereocenters. The van der Waals surface area contributed by atoms with Crippen molar-refractivity contribution in [2.45, 2.75) is 32.9 Å². The number of nitrogens with one attached hydrogen (secondary N) is 1. The van der Waals surface area contributed by atoms with Crippen molar-refractivity contribution in [3.05, 3.63) is 46.4 Å². The van der Waals surface area contributed by atoms with Gasteiger partial charge in [0.15, 0.2) is 0 Å². The van der Waals surface area contributed by atoms with Gasteiger partial charge in [-0.3, -0.25) is 0 Å². The maximum atomic E-state index is 13.6. The lowest BCUT2D eigenvalue weighted by Crippen LogP contribution is -2.21. The van der Waals surface area contributed by atoms with Crippen molar-refractivity contribution in [2.24, 2.45) is 0 Å². The highest BCUT2D eigenvalue weighted by atomic mass is 35.5. The predicted octanol–water partition coefficient (Wildman–Crippen LogP) is 2.95. The number of halogens is 2. The summed E-state index contributed by atoms with van der Waals surface area (Å²) < 4.78 is 19.0. The fourth-order valence-electron chi connectivity index (χ4n) is 1.58. The van der Waals surface area contributed by atoms with Crippen molar-refractivity contribution in [3.63, 3.8) is 0 Å². The first-order valence-electron chi connectivity index (χ1n) is 6.04. The van der Waals surface area contributed by atoms with Gasteiger partial charge in [-0.2, -0.15) is 0 Å². The summed E-state index contributed by atoms with van der Waals surface area (Å²) in [7, 11) is 0. The number of rotatable bonds is 5. The molecule has 0 spiro atoms. The Bertz CT molecular complexity index is 536. The van der Waals surface area contributed by atoms with Crippen LogP contribution in [0.3, 0.4) is 0 Å². The Kier molecular flexibility index (Phi) is 4.50. The van der Waals surface area contributed by atoms with Crippen LogP contribution in [-0.4, -0.2) is 16.2 Å². The molecule has 1 aromatic heterocycles. The van der Waals surface area contributed by atoms with Gasteiger partial charge in [0.05, 0.1) is 13.0 Å². The Balaban J connectivity index is 2.07. The number of hydrogen-bond donors (Lipinski definition) is 1. The fraction of sp³-hybridized carbons (Fsp3) is 0.385. The zero-order chi connectivity index (χ0) is 13.8. The van der Waals surface area contributed by atoms with Gasteiger partial charge in [0.1, 0.15) is 5.82 Å². The van der Waals surface area contributed by atoms with Gasteiger partial charge >= 0.3 is 0 Å². The Hall–Kier alpha value is -1.46. The molecule has 0 radical (unpaired) electrons. The predicted molar refractivity (Wildman–Crippen MR) is 70.5 cm³/mol. The van der Waals surface area contributed by atoms with Crippen molar-refractivity contribution in [1.82, 2.24) is 15.5 Å². The molecule has 0 aliphatic carbocycles. The van der Waals surface area contributed by atoms with E-state index in [0.717, 1.165) is 0 Å². The second-order valence-corrected chi connectivity index (χ2v) is 4.91. The van der Waals surface area contributed by atoms with Crippen LogP contribution in [0.2, 0.25) is 5.02 Å². The van der Waals surface area contributed by atoms with E-state index in [1.807, 2.05) is 13.8 Å². The molecule has 1 aromatic carbocycles. The van der Waals surface area contributed by atoms with E-state index in [1.165, 1.54) is 6.07 Å². The molecule has 2 rings (SSSR count). The summed E-state index contributed by atoms with van der Waals surface area (Å²) in [5, 5.41) is 11.3. The van der Waals surface area contributed by atoms with Crippen LogP contribution in [0.4, 0.5) is 4.39 Å². The lowest BCUT2D eigenvalue weighted by Gasteiger charge is -2.04. The van der Waals surface area contributed by atoms with Crippen LogP contribution in [0, 0.1) is 5.82 Å². The molecule has 6 heteroatoms. The van der Waals surface area contributed by atoms with Crippen molar-refractivity contribution in [1.29, 1.82) is 0 Å². The molecule has 0 saturated carbocycles. The standard InChI is InChI=1S/C13H15ClFN3O/c1-8(2)16-7-13-18-17-12(19-13)6-9-10(14)4-3-5-11(9)15/h3-5,8,16H,6-7H2,1-2H3. The summed E-state index contributed by atoms with van der Waals surface area (Å²) in [6.07, 6.45) is 0.195. The van der Waals surface area contributed by atoms with E-state index in [2.05, 4.69) is 15.5 Å². The van der Waals surface area contributed by atoms with Crippen LogP contribution in [0.25, 0.3) is 0 Å². The van der Waals surface area contributed by atoms with Gasteiger partial charge in [0.2, 0.25) is 11.8 Å². The highest BCUT2D eigenvalue weighted by Gasteiger charge is 2.12. The highest BCUT2D eigenvalue weighted by molar-refractivity contribution is 6.31. The quantitative estimate of drug-likeness (QED) is 0.917. The molecule has 102 valence electrons. The van der Waals surface area contributed by atoms with E-state index in [-0.39, 0.29) is 12.2 Å². The smallest absolute Gasteiger partial charge is 0.230 e. The Morgan fingerprint density at radius 2 is 2.05 bits per heavy atom. The molecular formula is C13H15ClFN3O. The summed E-state index contributed by atoms with van der Waals surface area (Å²) in [5.41, 5.74) is 0.371. The molecule has 0 aliphatic heterocycles. The lowest BCUT2D eigenvalue weighted by molar-refractivity contribution is 0.425. The minimum absolute atomic E-state index is 0.195. The molecule has 1 N–H and O–H groups in total. The van der Waals surface area contributed by atoms with Crippen LogP contribution in [-0.2, 0) is 13.0 Å². The van der Waals surface area contributed by atoms with Gasteiger partial charge in [-0.15, -0.1) is 10.2 Å². The number of nitrogens with zero attached hydrogens (tertiary/aromatic N) is 2. The molecule has 4 nitrogen and oxygen atoms in total. The van der Waals surface area contributed by atoms with Crippen LogP contribution in [0.5, 0.6) is 0 Å². The van der Waals surface area contributed by atoms with E-state index in [9.17, 15) is 4.39 Å². The molecule has 0 saturated heterocycles. The summed E-state index contributed by atoms with van der Waals surface area (Å²) >= 11 is 5.95. The molecule has 19 heavy (non-hydrogen) atoms. The molecule has 0 amide bonds. The molecule has 0 bridgehead atoms. The normalized spacial score (nSPS) is 11.2. The largest absolute Gasteiger partial charge is 0.424 e. The van der Waals surface area contributed by atoms with Crippen molar-refractivity contribution >= 4 is 11.6 Å². The molecular weight excluding hydrogens is 269 g/mol. The van der Waals surface area contributed by atoms with E-state index in [1.54, 1.807) is 12.1 Å². The number of benzene rings is 1. The van der Waals surface area contributed by atoms with Crippen LogP contribution < -0.4 is 5.32 Å². The van der Waals surface area contributed by atoms with Crippen molar-refractivity contribution < 1.29 is 8.81 Å². The first-order chi connectivity index (χ1) is 9.06. The topological polar surface area (TPSA) is 51.0 Å². The third-order valence-corrected chi connectivity index (χ3v) is 2.91. The van der Waals surface area contributed by atoms with Gasteiger partial charge in [-0.1, -0.05) is 31.5 Å². The van der Waals surface area contributed by atoms with Gasteiger partial charge in [0.25, 0.3) is 0 Å². The molecule has 0 fully saturated rings. The Morgan fingerprint density at radius 3 is 2.74 bits per heavy atom.